The maximum atomic E-state index is 13.8. The second-order valence-electron chi connectivity index (χ2n) is 11.1. The van der Waals surface area contributed by atoms with Crippen LogP contribution < -0.4 is 19.7 Å². The number of halogens is 1. The predicted octanol–water partition coefficient (Wildman–Crippen LogP) is 5.60. The van der Waals surface area contributed by atoms with Gasteiger partial charge < -0.3 is 24.6 Å². The molecule has 0 amide bonds. The molecular weight excluding hydrogens is 493 g/mol. The number of benzene rings is 1. The number of fused-ring (bicyclic) bond motifs is 2. The predicted molar refractivity (Wildman–Crippen MR) is 154 cm³/mol. The van der Waals surface area contributed by atoms with Crippen molar-refractivity contribution in [2.45, 2.75) is 63.8 Å². The summed E-state index contributed by atoms with van der Waals surface area (Å²) in [6.07, 6.45) is 9.90. The summed E-state index contributed by atoms with van der Waals surface area (Å²) in [4.78, 5) is 14.8. The van der Waals surface area contributed by atoms with E-state index in [9.17, 15) is 4.39 Å². The molecule has 0 spiro atoms. The monoisotopic (exact) mass is 533 g/mol. The lowest BCUT2D eigenvalue weighted by atomic mass is 9.93. The van der Waals surface area contributed by atoms with E-state index in [-0.39, 0.29) is 5.82 Å². The summed E-state index contributed by atoms with van der Waals surface area (Å²) in [6.45, 7) is 5.89. The number of likely N-dealkylation sites (tertiary alicyclic amines) is 1. The summed E-state index contributed by atoms with van der Waals surface area (Å²) in [5, 5.41) is 3.88. The average molecular weight is 534 g/mol. The van der Waals surface area contributed by atoms with E-state index in [1.165, 1.54) is 56.1 Å². The van der Waals surface area contributed by atoms with E-state index in [0.29, 0.717) is 24.3 Å². The van der Waals surface area contributed by atoms with Crippen LogP contribution in [0.2, 0.25) is 0 Å². The number of aromatic nitrogens is 2. The number of aryl methyl sites for hydroxylation is 1. The van der Waals surface area contributed by atoms with E-state index < -0.39 is 0 Å². The van der Waals surface area contributed by atoms with Crippen molar-refractivity contribution in [2.24, 2.45) is 0 Å². The van der Waals surface area contributed by atoms with Crippen LogP contribution in [0.3, 0.4) is 0 Å². The Bertz CT molecular complexity index is 1290. The minimum absolute atomic E-state index is 0.183. The van der Waals surface area contributed by atoms with E-state index in [1.54, 1.807) is 19.2 Å². The van der Waals surface area contributed by atoms with Crippen molar-refractivity contribution >= 4 is 22.4 Å². The number of ether oxygens (including phenoxy) is 2. The molecule has 2 aliphatic heterocycles. The maximum Gasteiger partial charge on any atom is 0.257 e. The van der Waals surface area contributed by atoms with E-state index in [0.717, 1.165) is 74.1 Å². The smallest absolute Gasteiger partial charge is 0.257 e. The standard InChI is InChI=1S/C31H40FN5O2/c1-38-31-28(39-19-7-16-36-14-4-5-15-36)21-27-30(35-31)29(25-10-2-3-11-26(25)34-27)33-23-12-17-37(18-13-23)24-9-6-8-22(32)20-24/h6,8-9,20-21,23H,2-5,7,10-19H2,1H3,(H,33,34). The molecule has 0 radical (unpaired) electrons. The number of nitrogens with zero attached hydrogens (tertiary/aromatic N) is 4. The summed E-state index contributed by atoms with van der Waals surface area (Å²) in [6, 6.07) is 9.25. The second-order valence-corrected chi connectivity index (χ2v) is 11.1. The molecule has 208 valence electrons. The van der Waals surface area contributed by atoms with Gasteiger partial charge in [0.05, 0.1) is 24.9 Å². The summed E-state index contributed by atoms with van der Waals surface area (Å²) in [5.74, 6) is 1.01. The molecule has 39 heavy (non-hydrogen) atoms. The van der Waals surface area contributed by atoms with Gasteiger partial charge in [0.15, 0.2) is 5.75 Å². The van der Waals surface area contributed by atoms with Gasteiger partial charge in [-0.1, -0.05) is 6.07 Å². The summed E-state index contributed by atoms with van der Waals surface area (Å²) < 4.78 is 25.7. The van der Waals surface area contributed by atoms with Crippen LogP contribution in [-0.4, -0.2) is 67.4 Å². The second kappa shape index (κ2) is 11.9. The van der Waals surface area contributed by atoms with Crippen molar-refractivity contribution < 1.29 is 13.9 Å². The van der Waals surface area contributed by atoms with Gasteiger partial charge in [-0.2, -0.15) is 0 Å². The highest BCUT2D eigenvalue weighted by Crippen LogP contribution is 2.38. The number of nitrogens with one attached hydrogen (secondary N) is 1. The highest BCUT2D eigenvalue weighted by atomic mass is 19.1. The van der Waals surface area contributed by atoms with Crippen molar-refractivity contribution in [1.82, 2.24) is 14.9 Å². The topological polar surface area (TPSA) is 62.8 Å². The number of hydrogen-bond acceptors (Lipinski definition) is 7. The van der Waals surface area contributed by atoms with Crippen molar-refractivity contribution in [3.63, 3.8) is 0 Å². The molecule has 6 rings (SSSR count). The first-order chi connectivity index (χ1) is 19.2. The largest absolute Gasteiger partial charge is 0.488 e. The van der Waals surface area contributed by atoms with Crippen molar-refractivity contribution in [3.05, 3.63) is 47.4 Å². The molecule has 1 aliphatic carbocycles. The summed E-state index contributed by atoms with van der Waals surface area (Å²) in [5.41, 5.74) is 6.28. The molecule has 0 atom stereocenters. The first kappa shape index (κ1) is 26.1. The summed E-state index contributed by atoms with van der Waals surface area (Å²) in [7, 11) is 1.66. The molecule has 2 saturated heterocycles. The van der Waals surface area contributed by atoms with Gasteiger partial charge in [0.25, 0.3) is 5.88 Å². The van der Waals surface area contributed by atoms with E-state index in [4.69, 9.17) is 19.4 Å². The third-order valence-corrected chi connectivity index (χ3v) is 8.45. The molecule has 1 aromatic carbocycles. The number of hydrogen-bond donors (Lipinski definition) is 1. The Balaban J connectivity index is 1.21. The number of pyridine rings is 2. The Labute approximate surface area is 230 Å². The fraction of sp³-hybridized carbons (Fsp3) is 0.548. The highest BCUT2D eigenvalue weighted by molar-refractivity contribution is 5.91. The third-order valence-electron chi connectivity index (χ3n) is 8.45. The SMILES string of the molecule is COc1nc2c(NC3CCN(c4cccc(F)c4)CC3)c3c(nc2cc1OCCCN1CCCC1)CCCC3. The number of piperidine rings is 1. The van der Waals surface area contributed by atoms with Crippen molar-refractivity contribution in [2.75, 3.05) is 56.7 Å². The Morgan fingerprint density at radius 1 is 1.00 bits per heavy atom. The third kappa shape index (κ3) is 5.91. The molecule has 4 heterocycles. The Morgan fingerprint density at radius 3 is 2.62 bits per heavy atom. The lowest BCUT2D eigenvalue weighted by Gasteiger charge is -2.35. The van der Waals surface area contributed by atoms with Crippen LogP contribution in [0.1, 0.15) is 56.2 Å². The number of methoxy groups -OCH3 is 1. The molecule has 0 bridgehead atoms. The van der Waals surface area contributed by atoms with Gasteiger partial charge in [-0.05, 0) is 94.6 Å². The normalized spacial score (nSPS) is 18.4. The zero-order chi connectivity index (χ0) is 26.6. The quantitative estimate of drug-likeness (QED) is 0.359. The van der Waals surface area contributed by atoms with Gasteiger partial charge in [-0.15, -0.1) is 0 Å². The molecule has 7 nitrogen and oxygen atoms in total. The van der Waals surface area contributed by atoms with Crippen LogP contribution in [0.4, 0.5) is 15.8 Å². The van der Waals surface area contributed by atoms with Crippen LogP contribution in [0, 0.1) is 5.82 Å². The van der Waals surface area contributed by atoms with Gasteiger partial charge in [0.2, 0.25) is 0 Å². The number of anilines is 2. The van der Waals surface area contributed by atoms with Gasteiger partial charge in [0, 0.05) is 43.1 Å². The zero-order valence-corrected chi connectivity index (χ0v) is 23.1. The zero-order valence-electron chi connectivity index (χ0n) is 23.1. The number of rotatable bonds is 9. The van der Waals surface area contributed by atoms with Gasteiger partial charge in [-0.25, -0.2) is 9.37 Å². The van der Waals surface area contributed by atoms with Crippen molar-refractivity contribution in [1.29, 1.82) is 0 Å². The molecule has 3 aliphatic rings. The first-order valence-corrected chi connectivity index (χ1v) is 14.7. The molecule has 1 N–H and O–H groups in total. The van der Waals surface area contributed by atoms with Gasteiger partial charge in [-0.3, -0.25) is 4.98 Å². The molecule has 2 fully saturated rings. The maximum absolute atomic E-state index is 13.8. The lowest BCUT2D eigenvalue weighted by molar-refractivity contribution is 0.252. The van der Waals surface area contributed by atoms with Crippen LogP contribution in [0.25, 0.3) is 11.0 Å². The minimum atomic E-state index is -0.183. The minimum Gasteiger partial charge on any atom is -0.488 e. The molecule has 2 aromatic heterocycles. The fourth-order valence-corrected chi connectivity index (χ4v) is 6.35. The lowest BCUT2D eigenvalue weighted by Crippen LogP contribution is -2.39. The van der Waals surface area contributed by atoms with E-state index in [1.807, 2.05) is 12.1 Å². The van der Waals surface area contributed by atoms with Gasteiger partial charge in [0.1, 0.15) is 11.3 Å². The Kier molecular flexibility index (Phi) is 8.00. The average Bonchev–Trinajstić information content (AvgIpc) is 3.49. The molecule has 8 heteroatoms. The van der Waals surface area contributed by atoms with Crippen LogP contribution in [0.15, 0.2) is 30.3 Å². The fourth-order valence-electron chi connectivity index (χ4n) is 6.35. The molecule has 0 saturated carbocycles. The van der Waals surface area contributed by atoms with E-state index >= 15 is 0 Å². The molecule has 3 aromatic rings. The summed E-state index contributed by atoms with van der Waals surface area (Å²) >= 11 is 0. The molecule has 0 unspecified atom stereocenters. The molecular formula is C31H40FN5O2. The van der Waals surface area contributed by atoms with Crippen LogP contribution >= 0.6 is 0 Å². The Morgan fingerprint density at radius 2 is 1.82 bits per heavy atom. The van der Waals surface area contributed by atoms with Crippen LogP contribution in [-0.2, 0) is 12.8 Å². The first-order valence-electron chi connectivity index (χ1n) is 14.7. The van der Waals surface area contributed by atoms with E-state index in [2.05, 4.69) is 15.1 Å². The highest BCUT2D eigenvalue weighted by Gasteiger charge is 2.26. The van der Waals surface area contributed by atoms with Gasteiger partial charge >= 0.3 is 0 Å². The van der Waals surface area contributed by atoms with Crippen LogP contribution in [0.5, 0.6) is 11.6 Å². The Hall–Kier alpha value is -3.13. The van der Waals surface area contributed by atoms with Crippen molar-refractivity contribution in [3.8, 4) is 11.6 Å².